The first-order chi connectivity index (χ1) is 9.36. The van der Waals surface area contributed by atoms with Crippen LogP contribution in [0, 0.1) is 0 Å². The van der Waals surface area contributed by atoms with E-state index in [9.17, 15) is 0 Å². The lowest BCUT2D eigenvalue weighted by Crippen LogP contribution is -2.31. The van der Waals surface area contributed by atoms with Gasteiger partial charge in [0.2, 0.25) is 6.79 Å². The average Bonchev–Trinajstić information content (AvgIpc) is 3.08. The summed E-state index contributed by atoms with van der Waals surface area (Å²) in [6.07, 6.45) is 2.78. The second-order valence-electron chi connectivity index (χ2n) is 5.11. The lowest BCUT2D eigenvalue weighted by molar-refractivity contribution is 0.0721. The van der Waals surface area contributed by atoms with Crippen LogP contribution in [0.15, 0.2) is 18.2 Å². The van der Waals surface area contributed by atoms with Crippen molar-refractivity contribution >= 4 is 0 Å². The van der Waals surface area contributed by atoms with Gasteiger partial charge in [-0.1, -0.05) is 19.1 Å². The van der Waals surface area contributed by atoms with E-state index in [4.69, 9.17) is 14.2 Å². The third-order valence-electron chi connectivity index (χ3n) is 3.81. The molecule has 19 heavy (non-hydrogen) atoms. The van der Waals surface area contributed by atoms with Crippen LogP contribution in [0.4, 0.5) is 0 Å². The lowest BCUT2D eigenvalue weighted by atomic mass is 10.1. The first kappa shape index (κ1) is 12.8. The number of rotatable bonds is 5. The smallest absolute Gasteiger partial charge is 0.231 e. The van der Waals surface area contributed by atoms with E-state index < -0.39 is 0 Å². The molecule has 0 amide bonds. The van der Waals surface area contributed by atoms with Crippen molar-refractivity contribution in [1.82, 2.24) is 4.90 Å². The Balaban J connectivity index is 1.67. The van der Waals surface area contributed by atoms with E-state index in [0.717, 1.165) is 37.7 Å². The van der Waals surface area contributed by atoms with E-state index in [1.165, 1.54) is 18.4 Å². The molecule has 0 aromatic heterocycles. The number of nitrogens with zero attached hydrogens (tertiary/aromatic N) is 1. The highest BCUT2D eigenvalue weighted by Crippen LogP contribution is 2.36. The summed E-state index contributed by atoms with van der Waals surface area (Å²) < 4.78 is 16.7. The predicted molar refractivity (Wildman–Crippen MR) is 72.5 cm³/mol. The van der Waals surface area contributed by atoms with Crippen LogP contribution in [0.1, 0.15) is 25.3 Å². The van der Waals surface area contributed by atoms with Crippen LogP contribution < -0.4 is 9.47 Å². The molecule has 1 aromatic rings. The van der Waals surface area contributed by atoms with Crippen LogP contribution in [-0.4, -0.2) is 37.5 Å². The zero-order chi connectivity index (χ0) is 13.1. The van der Waals surface area contributed by atoms with E-state index >= 15 is 0 Å². The van der Waals surface area contributed by atoms with Crippen LogP contribution in [0.3, 0.4) is 0 Å². The first-order valence-corrected chi connectivity index (χ1v) is 7.08. The summed E-state index contributed by atoms with van der Waals surface area (Å²) in [7, 11) is 0. The molecule has 2 aliphatic heterocycles. The van der Waals surface area contributed by atoms with Gasteiger partial charge in [0.25, 0.3) is 0 Å². The summed E-state index contributed by atoms with van der Waals surface area (Å²) in [6.45, 7) is 6.36. The Morgan fingerprint density at radius 3 is 3.05 bits per heavy atom. The molecular weight excluding hydrogens is 242 g/mol. The Hall–Kier alpha value is -1.26. The number of likely N-dealkylation sites (N-methyl/N-ethyl adjacent to an activating group) is 1. The van der Waals surface area contributed by atoms with Gasteiger partial charge >= 0.3 is 0 Å². The number of hydrogen-bond donors (Lipinski definition) is 0. The summed E-state index contributed by atoms with van der Waals surface area (Å²) in [5.74, 6) is 1.78. The van der Waals surface area contributed by atoms with Gasteiger partial charge in [-0.05, 0) is 25.5 Å². The molecule has 1 fully saturated rings. The highest BCUT2D eigenvalue weighted by Gasteiger charge is 2.22. The Morgan fingerprint density at radius 1 is 1.32 bits per heavy atom. The van der Waals surface area contributed by atoms with Crippen LogP contribution in [0.2, 0.25) is 0 Å². The molecule has 2 aliphatic rings. The monoisotopic (exact) mass is 263 g/mol. The van der Waals surface area contributed by atoms with Crippen LogP contribution in [0.5, 0.6) is 11.5 Å². The largest absolute Gasteiger partial charge is 0.454 e. The van der Waals surface area contributed by atoms with E-state index in [1.807, 2.05) is 12.1 Å². The molecule has 1 atom stereocenters. The average molecular weight is 263 g/mol. The van der Waals surface area contributed by atoms with E-state index in [1.54, 1.807) is 0 Å². The van der Waals surface area contributed by atoms with Gasteiger partial charge in [0.05, 0.1) is 6.10 Å². The summed E-state index contributed by atoms with van der Waals surface area (Å²) in [6, 6.07) is 6.11. The molecule has 0 spiro atoms. The standard InChI is InChI=1S/C15H21NO3/c1-2-16(10-13-6-4-8-17-13)9-12-5-3-7-14-15(12)19-11-18-14/h3,5,7,13H,2,4,6,8-11H2,1H3/t13-/m1/s1. The minimum atomic E-state index is 0.338. The Kier molecular flexibility index (Phi) is 3.89. The summed E-state index contributed by atoms with van der Waals surface area (Å²) in [5, 5.41) is 0. The minimum Gasteiger partial charge on any atom is -0.454 e. The molecule has 0 bridgehead atoms. The quantitative estimate of drug-likeness (QED) is 0.816. The van der Waals surface area contributed by atoms with E-state index in [2.05, 4.69) is 17.9 Å². The Morgan fingerprint density at radius 2 is 2.26 bits per heavy atom. The lowest BCUT2D eigenvalue weighted by Gasteiger charge is -2.24. The number of fused-ring (bicyclic) bond motifs is 1. The van der Waals surface area contributed by atoms with Crippen molar-refractivity contribution < 1.29 is 14.2 Å². The van der Waals surface area contributed by atoms with Gasteiger partial charge in [0.1, 0.15) is 0 Å². The van der Waals surface area contributed by atoms with Crippen molar-refractivity contribution in [1.29, 1.82) is 0 Å². The molecule has 4 nitrogen and oxygen atoms in total. The van der Waals surface area contributed by atoms with E-state index in [0.29, 0.717) is 12.9 Å². The molecule has 0 N–H and O–H groups in total. The maximum atomic E-state index is 5.72. The predicted octanol–water partition coefficient (Wildman–Crippen LogP) is 2.42. The van der Waals surface area contributed by atoms with Crippen LogP contribution in [0.25, 0.3) is 0 Å². The normalized spacial score (nSPS) is 21.3. The topological polar surface area (TPSA) is 30.9 Å². The molecule has 0 aliphatic carbocycles. The molecule has 0 unspecified atom stereocenters. The van der Waals surface area contributed by atoms with Crippen molar-refractivity contribution in [3.05, 3.63) is 23.8 Å². The Bertz CT molecular complexity index is 429. The SMILES string of the molecule is CCN(Cc1cccc2c1OCO2)C[C@H]1CCCO1. The molecular formula is C15H21NO3. The number of benzene rings is 1. The molecule has 3 rings (SSSR count). The fourth-order valence-electron chi connectivity index (χ4n) is 2.74. The van der Waals surface area contributed by atoms with Gasteiger partial charge in [-0.2, -0.15) is 0 Å². The van der Waals surface area contributed by atoms with Crippen LogP contribution >= 0.6 is 0 Å². The third kappa shape index (κ3) is 2.85. The van der Waals surface area contributed by atoms with Crippen molar-refractivity contribution in [3.8, 4) is 11.5 Å². The van der Waals surface area contributed by atoms with Gasteiger partial charge < -0.3 is 14.2 Å². The summed E-state index contributed by atoms with van der Waals surface area (Å²) in [4.78, 5) is 2.41. The molecule has 0 saturated carbocycles. The number of para-hydroxylation sites is 1. The second-order valence-corrected chi connectivity index (χ2v) is 5.11. The zero-order valence-corrected chi connectivity index (χ0v) is 11.4. The summed E-state index contributed by atoms with van der Waals surface area (Å²) in [5.41, 5.74) is 1.20. The summed E-state index contributed by atoms with van der Waals surface area (Å²) >= 11 is 0. The molecule has 2 heterocycles. The van der Waals surface area contributed by atoms with Crippen molar-refractivity contribution in [2.45, 2.75) is 32.4 Å². The van der Waals surface area contributed by atoms with Gasteiger partial charge in [0, 0.05) is 25.3 Å². The molecule has 104 valence electrons. The van der Waals surface area contributed by atoms with Gasteiger partial charge in [0.15, 0.2) is 11.5 Å². The highest BCUT2D eigenvalue weighted by molar-refractivity contribution is 5.48. The first-order valence-electron chi connectivity index (χ1n) is 7.08. The molecule has 4 heteroatoms. The molecule has 1 aromatic carbocycles. The fourth-order valence-corrected chi connectivity index (χ4v) is 2.74. The molecule has 1 saturated heterocycles. The van der Waals surface area contributed by atoms with Crippen molar-refractivity contribution in [3.63, 3.8) is 0 Å². The van der Waals surface area contributed by atoms with Gasteiger partial charge in [-0.25, -0.2) is 0 Å². The number of hydrogen-bond acceptors (Lipinski definition) is 4. The highest BCUT2D eigenvalue weighted by atomic mass is 16.7. The maximum absolute atomic E-state index is 5.72. The number of ether oxygens (including phenoxy) is 3. The zero-order valence-electron chi connectivity index (χ0n) is 11.4. The minimum absolute atomic E-state index is 0.338. The molecule has 0 radical (unpaired) electrons. The van der Waals surface area contributed by atoms with Crippen molar-refractivity contribution in [2.24, 2.45) is 0 Å². The Labute approximate surface area is 114 Å². The van der Waals surface area contributed by atoms with Gasteiger partial charge in [-0.3, -0.25) is 4.90 Å². The van der Waals surface area contributed by atoms with Crippen molar-refractivity contribution in [2.75, 3.05) is 26.5 Å². The third-order valence-corrected chi connectivity index (χ3v) is 3.81. The van der Waals surface area contributed by atoms with Crippen LogP contribution in [-0.2, 0) is 11.3 Å². The second kappa shape index (κ2) is 5.80. The van der Waals surface area contributed by atoms with E-state index in [-0.39, 0.29) is 0 Å². The van der Waals surface area contributed by atoms with Gasteiger partial charge in [-0.15, -0.1) is 0 Å². The fraction of sp³-hybridized carbons (Fsp3) is 0.600. The maximum Gasteiger partial charge on any atom is 0.231 e.